The second-order valence-corrected chi connectivity index (χ2v) is 6.21. The summed E-state index contributed by atoms with van der Waals surface area (Å²) in [5.41, 5.74) is 0.695. The minimum atomic E-state index is -0.450. The highest BCUT2D eigenvalue weighted by atomic mass is 16.5. The topological polar surface area (TPSA) is 52.6 Å². The van der Waals surface area contributed by atoms with Crippen molar-refractivity contribution in [3.05, 3.63) is 72.8 Å². The van der Waals surface area contributed by atoms with Crippen LogP contribution in [0.5, 0.6) is 11.5 Å². The summed E-state index contributed by atoms with van der Waals surface area (Å²) in [6, 6.07) is 14.8. The fraction of sp³-hybridized carbons (Fsp3) is 0.0909. The molecule has 0 N–H and O–H groups in total. The average molecular weight is 346 g/mol. The summed E-state index contributed by atoms with van der Waals surface area (Å²) < 4.78 is 10.6. The molecule has 0 radical (unpaired) electrons. The number of benzene rings is 3. The zero-order chi connectivity index (χ0) is 18.8. The van der Waals surface area contributed by atoms with Crippen LogP contribution in [0.2, 0.25) is 0 Å². The third kappa shape index (κ3) is 3.64. The number of carbonyl (C=O) groups is 2. The van der Waals surface area contributed by atoms with Gasteiger partial charge in [-0.1, -0.05) is 25.3 Å². The van der Waals surface area contributed by atoms with E-state index in [2.05, 4.69) is 13.2 Å². The van der Waals surface area contributed by atoms with Gasteiger partial charge in [0.15, 0.2) is 0 Å². The minimum absolute atomic E-state index is 0.348. The number of rotatable bonds is 4. The molecule has 0 saturated carbocycles. The SMILES string of the molecule is C=C(C)C(=O)Oc1ccc2cc3cc(OC(=O)C(=C)C)ccc3cc2c1. The van der Waals surface area contributed by atoms with Crippen LogP contribution in [0.3, 0.4) is 0 Å². The molecule has 3 aromatic carbocycles. The Morgan fingerprint density at radius 1 is 0.654 bits per heavy atom. The van der Waals surface area contributed by atoms with E-state index in [-0.39, 0.29) is 0 Å². The van der Waals surface area contributed by atoms with E-state index >= 15 is 0 Å². The van der Waals surface area contributed by atoms with Gasteiger partial charge in [-0.3, -0.25) is 0 Å². The van der Waals surface area contributed by atoms with Crippen LogP contribution < -0.4 is 9.47 Å². The molecule has 4 nitrogen and oxygen atoms in total. The van der Waals surface area contributed by atoms with Gasteiger partial charge in [0.1, 0.15) is 11.5 Å². The van der Waals surface area contributed by atoms with Gasteiger partial charge in [0.05, 0.1) is 0 Å². The lowest BCUT2D eigenvalue weighted by molar-refractivity contribution is -0.130. The lowest BCUT2D eigenvalue weighted by Crippen LogP contribution is -2.08. The van der Waals surface area contributed by atoms with Crippen LogP contribution in [0.15, 0.2) is 72.8 Å². The Labute approximate surface area is 151 Å². The Balaban J connectivity index is 1.97. The monoisotopic (exact) mass is 346 g/mol. The molecule has 130 valence electrons. The summed E-state index contributed by atoms with van der Waals surface area (Å²) in [6.07, 6.45) is 0. The zero-order valence-corrected chi connectivity index (χ0v) is 14.7. The Kier molecular flexibility index (Phi) is 4.59. The van der Waals surface area contributed by atoms with Crippen molar-refractivity contribution in [1.82, 2.24) is 0 Å². The van der Waals surface area contributed by atoms with Crippen molar-refractivity contribution in [3.63, 3.8) is 0 Å². The summed E-state index contributed by atoms with van der Waals surface area (Å²) in [4.78, 5) is 23.3. The van der Waals surface area contributed by atoms with Crippen molar-refractivity contribution in [2.24, 2.45) is 0 Å². The van der Waals surface area contributed by atoms with E-state index < -0.39 is 11.9 Å². The van der Waals surface area contributed by atoms with Gasteiger partial charge in [0, 0.05) is 11.1 Å². The first-order chi connectivity index (χ1) is 12.3. The predicted octanol–water partition coefficient (Wildman–Crippen LogP) is 4.96. The van der Waals surface area contributed by atoms with Crippen LogP contribution in [0.1, 0.15) is 13.8 Å². The first kappa shape index (κ1) is 17.4. The van der Waals surface area contributed by atoms with Crippen molar-refractivity contribution >= 4 is 33.5 Å². The van der Waals surface area contributed by atoms with Crippen molar-refractivity contribution in [2.75, 3.05) is 0 Å². The zero-order valence-electron chi connectivity index (χ0n) is 14.7. The molecule has 0 fully saturated rings. The molecule has 4 heteroatoms. The molecule has 0 unspecified atom stereocenters. The first-order valence-corrected chi connectivity index (χ1v) is 8.06. The van der Waals surface area contributed by atoms with E-state index in [0.29, 0.717) is 22.6 Å². The maximum absolute atomic E-state index is 11.7. The summed E-state index contributed by atoms with van der Waals surface area (Å²) in [7, 11) is 0. The Morgan fingerprint density at radius 2 is 1.04 bits per heavy atom. The molecule has 0 aliphatic heterocycles. The number of esters is 2. The molecule has 0 atom stereocenters. The van der Waals surface area contributed by atoms with Crippen molar-refractivity contribution in [2.45, 2.75) is 13.8 Å². The van der Waals surface area contributed by atoms with Crippen LogP contribution in [0, 0.1) is 0 Å². The molecule has 0 saturated heterocycles. The fourth-order valence-corrected chi connectivity index (χ4v) is 2.47. The maximum atomic E-state index is 11.7. The van der Waals surface area contributed by atoms with E-state index in [9.17, 15) is 9.59 Å². The molecule has 0 spiro atoms. The standard InChI is InChI=1S/C22H18O4/c1-13(2)21(23)25-19-7-5-15-10-18-12-20(26-22(24)14(3)4)8-6-16(18)9-17(15)11-19/h5-12H,1,3H2,2,4H3. The second-order valence-electron chi connectivity index (χ2n) is 6.21. The summed E-state index contributed by atoms with van der Waals surface area (Å²) in [6.45, 7) is 10.4. The predicted molar refractivity (Wildman–Crippen MR) is 102 cm³/mol. The van der Waals surface area contributed by atoms with Crippen LogP contribution in [-0.4, -0.2) is 11.9 Å². The first-order valence-electron chi connectivity index (χ1n) is 8.06. The number of hydrogen-bond donors (Lipinski definition) is 0. The molecule has 3 aromatic rings. The molecule has 0 amide bonds. The van der Waals surface area contributed by atoms with Crippen LogP contribution in [-0.2, 0) is 9.59 Å². The average Bonchev–Trinajstić information content (AvgIpc) is 2.59. The Morgan fingerprint density at radius 3 is 1.38 bits per heavy atom. The van der Waals surface area contributed by atoms with E-state index in [1.807, 2.05) is 36.4 Å². The van der Waals surface area contributed by atoms with Gasteiger partial charge in [-0.25, -0.2) is 9.59 Å². The van der Waals surface area contributed by atoms with E-state index in [1.54, 1.807) is 26.0 Å². The third-order valence-corrected chi connectivity index (χ3v) is 3.86. The number of hydrogen-bond acceptors (Lipinski definition) is 4. The molecule has 0 heterocycles. The quantitative estimate of drug-likeness (QED) is 0.290. The van der Waals surface area contributed by atoms with Gasteiger partial charge in [0.25, 0.3) is 0 Å². The second kappa shape index (κ2) is 6.84. The van der Waals surface area contributed by atoms with Gasteiger partial charge in [-0.05, 0) is 71.8 Å². The third-order valence-electron chi connectivity index (χ3n) is 3.86. The minimum Gasteiger partial charge on any atom is -0.423 e. The smallest absolute Gasteiger partial charge is 0.338 e. The molecule has 26 heavy (non-hydrogen) atoms. The van der Waals surface area contributed by atoms with Gasteiger partial charge < -0.3 is 9.47 Å². The largest absolute Gasteiger partial charge is 0.423 e. The van der Waals surface area contributed by atoms with Gasteiger partial charge in [0.2, 0.25) is 0 Å². The molecule has 0 aliphatic carbocycles. The van der Waals surface area contributed by atoms with Crippen molar-refractivity contribution < 1.29 is 19.1 Å². The summed E-state index contributed by atoms with van der Waals surface area (Å²) in [5, 5.41) is 3.85. The number of carbonyl (C=O) groups excluding carboxylic acids is 2. The highest BCUT2D eigenvalue weighted by molar-refractivity contribution is 6.00. The molecular formula is C22H18O4. The molecular weight excluding hydrogens is 328 g/mol. The molecule has 0 bridgehead atoms. The summed E-state index contributed by atoms with van der Waals surface area (Å²) in [5.74, 6) is 0.0388. The molecule has 0 aromatic heterocycles. The Bertz CT molecular complexity index is 989. The number of fused-ring (bicyclic) bond motifs is 2. The van der Waals surface area contributed by atoms with Crippen molar-refractivity contribution in [3.8, 4) is 11.5 Å². The van der Waals surface area contributed by atoms with Crippen LogP contribution in [0.25, 0.3) is 21.5 Å². The lowest BCUT2D eigenvalue weighted by Gasteiger charge is -2.08. The maximum Gasteiger partial charge on any atom is 0.338 e. The van der Waals surface area contributed by atoms with Gasteiger partial charge >= 0.3 is 11.9 Å². The Hall–Kier alpha value is -3.40. The normalized spacial score (nSPS) is 10.5. The van der Waals surface area contributed by atoms with Crippen molar-refractivity contribution in [1.29, 1.82) is 0 Å². The molecule has 0 aliphatic rings. The lowest BCUT2D eigenvalue weighted by atomic mass is 10.0. The highest BCUT2D eigenvalue weighted by Gasteiger charge is 2.09. The number of ether oxygens (including phenoxy) is 2. The van der Waals surface area contributed by atoms with E-state index in [4.69, 9.17) is 9.47 Å². The van der Waals surface area contributed by atoms with Crippen LogP contribution >= 0.6 is 0 Å². The van der Waals surface area contributed by atoms with E-state index in [0.717, 1.165) is 21.5 Å². The fourth-order valence-electron chi connectivity index (χ4n) is 2.47. The summed E-state index contributed by atoms with van der Waals surface area (Å²) >= 11 is 0. The van der Waals surface area contributed by atoms with Gasteiger partial charge in [-0.2, -0.15) is 0 Å². The highest BCUT2D eigenvalue weighted by Crippen LogP contribution is 2.29. The molecule has 3 rings (SSSR count). The van der Waals surface area contributed by atoms with E-state index in [1.165, 1.54) is 0 Å². The van der Waals surface area contributed by atoms with Gasteiger partial charge in [-0.15, -0.1) is 0 Å². The van der Waals surface area contributed by atoms with Crippen LogP contribution in [0.4, 0.5) is 0 Å².